The van der Waals surface area contributed by atoms with E-state index in [0.29, 0.717) is 31.3 Å². The first kappa shape index (κ1) is 13.0. The average molecular weight is 253 g/mol. The van der Waals surface area contributed by atoms with Crippen molar-refractivity contribution < 1.29 is 14.6 Å². The summed E-state index contributed by atoms with van der Waals surface area (Å²) in [6, 6.07) is 0. The van der Waals surface area contributed by atoms with Crippen LogP contribution in [0.5, 0.6) is 5.88 Å². The zero-order valence-corrected chi connectivity index (χ0v) is 10.9. The van der Waals surface area contributed by atoms with Gasteiger partial charge in [-0.15, -0.1) is 0 Å². The molecule has 0 saturated carbocycles. The van der Waals surface area contributed by atoms with Gasteiger partial charge in [0.15, 0.2) is 0 Å². The lowest BCUT2D eigenvalue weighted by molar-refractivity contribution is -0.0176. The van der Waals surface area contributed by atoms with Gasteiger partial charge in [0.2, 0.25) is 5.88 Å². The van der Waals surface area contributed by atoms with Crippen LogP contribution in [0.1, 0.15) is 18.9 Å². The van der Waals surface area contributed by atoms with Crippen LogP contribution in [0.4, 0.5) is 5.82 Å². The molecule has 1 aromatic heterocycles. The summed E-state index contributed by atoms with van der Waals surface area (Å²) in [6.07, 6.45) is 1.89. The van der Waals surface area contributed by atoms with E-state index in [2.05, 4.69) is 15.3 Å². The molecule has 18 heavy (non-hydrogen) atoms. The van der Waals surface area contributed by atoms with E-state index in [0.717, 1.165) is 5.56 Å². The summed E-state index contributed by atoms with van der Waals surface area (Å²) in [4.78, 5) is 8.16. The molecule has 0 aromatic carbocycles. The van der Waals surface area contributed by atoms with Gasteiger partial charge in [-0.05, 0) is 13.8 Å². The summed E-state index contributed by atoms with van der Waals surface area (Å²) < 4.78 is 10.5. The monoisotopic (exact) mass is 253 g/mol. The van der Waals surface area contributed by atoms with Crippen molar-refractivity contribution in [3.05, 3.63) is 11.9 Å². The largest absolute Gasteiger partial charge is 0.481 e. The van der Waals surface area contributed by atoms with Crippen LogP contribution in [-0.4, -0.2) is 47.0 Å². The summed E-state index contributed by atoms with van der Waals surface area (Å²) in [5, 5.41) is 13.5. The molecule has 1 aromatic rings. The maximum atomic E-state index is 10.4. The summed E-state index contributed by atoms with van der Waals surface area (Å²) in [6.45, 7) is 4.74. The number of rotatable bonds is 4. The molecule has 0 radical (unpaired) electrons. The maximum Gasteiger partial charge on any atom is 0.221 e. The maximum absolute atomic E-state index is 10.4. The molecule has 0 bridgehead atoms. The van der Waals surface area contributed by atoms with Crippen LogP contribution >= 0.6 is 0 Å². The van der Waals surface area contributed by atoms with Gasteiger partial charge in [-0.25, -0.2) is 9.97 Å². The minimum absolute atomic E-state index is 0.172. The molecule has 2 rings (SSSR count). The SMILES string of the molecule is COc1ncnc(NCC2(O)CCOC2C)c1C. The highest BCUT2D eigenvalue weighted by atomic mass is 16.5. The number of anilines is 1. The van der Waals surface area contributed by atoms with Crippen molar-refractivity contribution in [2.75, 3.05) is 25.6 Å². The van der Waals surface area contributed by atoms with Crippen LogP contribution in [0.15, 0.2) is 6.33 Å². The van der Waals surface area contributed by atoms with E-state index in [4.69, 9.17) is 9.47 Å². The van der Waals surface area contributed by atoms with Gasteiger partial charge in [-0.3, -0.25) is 0 Å². The van der Waals surface area contributed by atoms with Crippen LogP contribution in [0.25, 0.3) is 0 Å². The van der Waals surface area contributed by atoms with E-state index in [-0.39, 0.29) is 6.10 Å². The lowest BCUT2D eigenvalue weighted by Crippen LogP contribution is -2.43. The van der Waals surface area contributed by atoms with Crippen molar-refractivity contribution in [3.8, 4) is 5.88 Å². The fourth-order valence-corrected chi connectivity index (χ4v) is 2.06. The molecule has 1 saturated heterocycles. The quantitative estimate of drug-likeness (QED) is 0.824. The minimum atomic E-state index is -0.843. The fourth-order valence-electron chi connectivity index (χ4n) is 2.06. The number of nitrogens with one attached hydrogen (secondary N) is 1. The average Bonchev–Trinajstić information content (AvgIpc) is 2.69. The first-order valence-corrected chi connectivity index (χ1v) is 6.00. The highest BCUT2D eigenvalue weighted by molar-refractivity contribution is 5.47. The number of methoxy groups -OCH3 is 1. The predicted molar refractivity (Wildman–Crippen MR) is 66.8 cm³/mol. The molecule has 1 fully saturated rings. The Labute approximate surface area is 106 Å². The fraction of sp³-hybridized carbons (Fsp3) is 0.667. The van der Waals surface area contributed by atoms with Crippen LogP contribution < -0.4 is 10.1 Å². The van der Waals surface area contributed by atoms with E-state index >= 15 is 0 Å². The third-order valence-electron chi connectivity index (χ3n) is 3.45. The van der Waals surface area contributed by atoms with Gasteiger partial charge in [0.05, 0.1) is 18.8 Å². The topological polar surface area (TPSA) is 76.5 Å². The molecule has 100 valence electrons. The Morgan fingerprint density at radius 2 is 2.39 bits per heavy atom. The first-order chi connectivity index (χ1) is 8.57. The number of aromatic nitrogens is 2. The van der Waals surface area contributed by atoms with Crippen LogP contribution in [-0.2, 0) is 4.74 Å². The predicted octanol–water partition coefficient (Wildman–Crippen LogP) is 0.745. The smallest absolute Gasteiger partial charge is 0.221 e. The van der Waals surface area contributed by atoms with E-state index in [1.54, 1.807) is 7.11 Å². The molecule has 0 amide bonds. The molecule has 0 spiro atoms. The van der Waals surface area contributed by atoms with Crippen molar-refractivity contribution in [1.29, 1.82) is 0 Å². The number of aliphatic hydroxyl groups is 1. The van der Waals surface area contributed by atoms with Gasteiger partial charge in [-0.1, -0.05) is 0 Å². The molecule has 2 heterocycles. The molecule has 2 unspecified atom stereocenters. The van der Waals surface area contributed by atoms with Gasteiger partial charge in [0.25, 0.3) is 0 Å². The Kier molecular flexibility index (Phi) is 3.68. The minimum Gasteiger partial charge on any atom is -0.481 e. The second kappa shape index (κ2) is 5.07. The van der Waals surface area contributed by atoms with Crippen molar-refractivity contribution >= 4 is 5.82 Å². The van der Waals surface area contributed by atoms with E-state index in [9.17, 15) is 5.11 Å². The highest BCUT2D eigenvalue weighted by Crippen LogP contribution is 2.27. The van der Waals surface area contributed by atoms with Crippen LogP contribution in [0.2, 0.25) is 0 Å². The Hall–Kier alpha value is -1.40. The van der Waals surface area contributed by atoms with Crippen LogP contribution in [0.3, 0.4) is 0 Å². The van der Waals surface area contributed by atoms with Crippen LogP contribution in [0, 0.1) is 6.92 Å². The molecular formula is C12H19N3O3. The zero-order valence-electron chi connectivity index (χ0n) is 10.9. The van der Waals surface area contributed by atoms with Gasteiger partial charge in [-0.2, -0.15) is 0 Å². The van der Waals surface area contributed by atoms with Crippen molar-refractivity contribution in [1.82, 2.24) is 9.97 Å². The van der Waals surface area contributed by atoms with Gasteiger partial charge < -0.3 is 19.9 Å². The second-order valence-corrected chi connectivity index (χ2v) is 4.58. The Bertz CT molecular complexity index is 427. The first-order valence-electron chi connectivity index (χ1n) is 6.00. The summed E-state index contributed by atoms with van der Waals surface area (Å²) in [5.74, 6) is 1.21. The summed E-state index contributed by atoms with van der Waals surface area (Å²) in [5.41, 5.74) is -0.0138. The molecule has 6 nitrogen and oxygen atoms in total. The molecule has 0 aliphatic carbocycles. The summed E-state index contributed by atoms with van der Waals surface area (Å²) in [7, 11) is 1.57. The molecule has 2 N–H and O–H groups in total. The van der Waals surface area contributed by atoms with Crippen molar-refractivity contribution in [2.45, 2.75) is 32.0 Å². The Balaban J connectivity index is 2.06. The molecular weight excluding hydrogens is 234 g/mol. The third kappa shape index (κ3) is 2.39. The van der Waals surface area contributed by atoms with Gasteiger partial charge in [0.1, 0.15) is 17.7 Å². The van der Waals surface area contributed by atoms with E-state index in [1.807, 2.05) is 13.8 Å². The van der Waals surface area contributed by atoms with Crippen molar-refractivity contribution in [3.63, 3.8) is 0 Å². The summed E-state index contributed by atoms with van der Waals surface area (Å²) >= 11 is 0. The lowest BCUT2D eigenvalue weighted by Gasteiger charge is -2.26. The second-order valence-electron chi connectivity index (χ2n) is 4.58. The number of ether oxygens (including phenoxy) is 2. The molecule has 2 atom stereocenters. The van der Waals surface area contributed by atoms with E-state index < -0.39 is 5.60 Å². The molecule has 1 aliphatic rings. The molecule has 6 heteroatoms. The normalized spacial score (nSPS) is 27.2. The lowest BCUT2D eigenvalue weighted by atomic mass is 9.97. The van der Waals surface area contributed by atoms with Crippen molar-refractivity contribution in [2.24, 2.45) is 0 Å². The van der Waals surface area contributed by atoms with Gasteiger partial charge in [0, 0.05) is 19.6 Å². The third-order valence-corrected chi connectivity index (χ3v) is 3.45. The Morgan fingerprint density at radius 3 is 3.00 bits per heavy atom. The Morgan fingerprint density at radius 1 is 1.61 bits per heavy atom. The van der Waals surface area contributed by atoms with Gasteiger partial charge >= 0.3 is 0 Å². The highest BCUT2D eigenvalue weighted by Gasteiger charge is 2.39. The number of hydrogen-bond acceptors (Lipinski definition) is 6. The standard InChI is InChI=1S/C12H19N3O3/c1-8-10(14-7-15-11(8)17-3)13-6-12(16)4-5-18-9(12)2/h7,9,16H,4-6H2,1-3H3,(H,13,14,15). The van der Waals surface area contributed by atoms with E-state index in [1.165, 1.54) is 6.33 Å². The number of nitrogens with zero attached hydrogens (tertiary/aromatic N) is 2. The zero-order chi connectivity index (χ0) is 13.2. The number of hydrogen-bond donors (Lipinski definition) is 2. The molecule has 1 aliphatic heterocycles.